The molecule has 2 rings (SSSR count). The molecule has 1 unspecified atom stereocenters. The summed E-state index contributed by atoms with van der Waals surface area (Å²) < 4.78 is 2.13. The Hall–Kier alpha value is -0.870. The van der Waals surface area contributed by atoms with Gasteiger partial charge in [-0.3, -0.25) is 4.90 Å². The van der Waals surface area contributed by atoms with E-state index in [9.17, 15) is 0 Å². The maximum Gasteiger partial charge on any atom is 0.127 e. The second-order valence-electron chi connectivity index (χ2n) is 5.01. The second-order valence-corrected chi connectivity index (χ2v) is 5.01. The molecule has 1 N–H and O–H groups in total. The third-order valence-corrected chi connectivity index (χ3v) is 3.11. The summed E-state index contributed by atoms with van der Waals surface area (Å²) in [7, 11) is 2.07. The van der Waals surface area contributed by atoms with Gasteiger partial charge in [-0.25, -0.2) is 4.98 Å². The van der Waals surface area contributed by atoms with Crippen molar-refractivity contribution < 1.29 is 0 Å². The Morgan fingerprint density at radius 3 is 3.00 bits per heavy atom. The predicted octanol–water partition coefficient (Wildman–Crippen LogP) is 1.02. The summed E-state index contributed by atoms with van der Waals surface area (Å²) in [6.45, 7) is 8.93. The lowest BCUT2D eigenvalue weighted by Crippen LogP contribution is -2.47. The smallest absolute Gasteiger partial charge is 0.127 e. The third-order valence-electron chi connectivity index (χ3n) is 3.11. The fourth-order valence-corrected chi connectivity index (χ4v) is 2.39. The molecule has 16 heavy (non-hydrogen) atoms. The maximum absolute atomic E-state index is 4.48. The molecule has 0 saturated carbocycles. The van der Waals surface area contributed by atoms with Crippen molar-refractivity contribution >= 4 is 0 Å². The normalized spacial score (nSPS) is 22.9. The average molecular weight is 222 g/mol. The Kier molecular flexibility index (Phi) is 3.61. The minimum atomic E-state index is 0.427. The molecule has 1 aromatic rings. The molecule has 0 amide bonds. The van der Waals surface area contributed by atoms with Gasteiger partial charge in [0.25, 0.3) is 0 Å². The Morgan fingerprint density at radius 2 is 2.38 bits per heavy atom. The van der Waals surface area contributed by atoms with Crippen LogP contribution in [0.5, 0.6) is 0 Å². The van der Waals surface area contributed by atoms with Crippen molar-refractivity contribution in [2.45, 2.75) is 19.9 Å². The van der Waals surface area contributed by atoms with Crippen LogP contribution >= 0.6 is 0 Å². The van der Waals surface area contributed by atoms with Gasteiger partial charge in [-0.05, 0) is 5.92 Å². The summed E-state index contributed by atoms with van der Waals surface area (Å²) in [5.41, 5.74) is 0. The summed E-state index contributed by atoms with van der Waals surface area (Å²) in [6.07, 6.45) is 3.91. The van der Waals surface area contributed by atoms with E-state index in [2.05, 4.69) is 40.7 Å². The molecule has 1 atom stereocenters. The van der Waals surface area contributed by atoms with Gasteiger partial charge in [-0.2, -0.15) is 0 Å². The van der Waals surface area contributed by atoms with E-state index in [0.717, 1.165) is 26.2 Å². The standard InChI is InChI=1S/C12H22N4/c1-10(2)9-16-7-4-13-8-11(16)12-14-5-6-15(12)3/h5-6,10-11,13H,4,7-9H2,1-3H3. The van der Waals surface area contributed by atoms with E-state index in [-0.39, 0.29) is 0 Å². The van der Waals surface area contributed by atoms with Gasteiger partial charge in [0.1, 0.15) is 5.82 Å². The van der Waals surface area contributed by atoms with Gasteiger partial charge in [0, 0.05) is 45.6 Å². The Morgan fingerprint density at radius 1 is 1.56 bits per heavy atom. The highest BCUT2D eigenvalue weighted by Gasteiger charge is 2.26. The summed E-state index contributed by atoms with van der Waals surface area (Å²) in [6, 6.07) is 0.427. The minimum absolute atomic E-state index is 0.427. The van der Waals surface area contributed by atoms with Crippen LogP contribution in [-0.2, 0) is 7.05 Å². The van der Waals surface area contributed by atoms with Gasteiger partial charge in [-0.15, -0.1) is 0 Å². The molecule has 4 heteroatoms. The highest BCUT2D eigenvalue weighted by atomic mass is 15.3. The maximum atomic E-state index is 4.48. The van der Waals surface area contributed by atoms with Gasteiger partial charge in [0.15, 0.2) is 0 Å². The van der Waals surface area contributed by atoms with E-state index < -0.39 is 0 Å². The molecule has 1 saturated heterocycles. The number of hydrogen-bond donors (Lipinski definition) is 1. The highest BCUT2D eigenvalue weighted by Crippen LogP contribution is 2.21. The van der Waals surface area contributed by atoms with Crippen LogP contribution in [-0.4, -0.2) is 40.6 Å². The van der Waals surface area contributed by atoms with E-state index in [0.29, 0.717) is 12.0 Å². The molecule has 0 aliphatic carbocycles. The van der Waals surface area contributed by atoms with Crippen LogP contribution in [0.4, 0.5) is 0 Å². The summed E-state index contributed by atoms with van der Waals surface area (Å²) >= 11 is 0. The van der Waals surface area contributed by atoms with Crippen molar-refractivity contribution in [1.29, 1.82) is 0 Å². The number of nitrogens with zero attached hydrogens (tertiary/aromatic N) is 3. The first kappa shape index (κ1) is 11.6. The van der Waals surface area contributed by atoms with Crippen LogP contribution in [0.15, 0.2) is 12.4 Å². The van der Waals surface area contributed by atoms with Gasteiger partial charge in [0.05, 0.1) is 6.04 Å². The van der Waals surface area contributed by atoms with E-state index >= 15 is 0 Å². The zero-order valence-corrected chi connectivity index (χ0v) is 10.5. The van der Waals surface area contributed by atoms with E-state index in [1.54, 1.807) is 0 Å². The number of nitrogens with one attached hydrogen (secondary N) is 1. The fourth-order valence-electron chi connectivity index (χ4n) is 2.39. The van der Waals surface area contributed by atoms with Crippen LogP contribution < -0.4 is 5.32 Å². The summed E-state index contributed by atoms with van der Waals surface area (Å²) in [5.74, 6) is 1.88. The summed E-state index contributed by atoms with van der Waals surface area (Å²) in [4.78, 5) is 7.02. The molecular weight excluding hydrogens is 200 g/mol. The van der Waals surface area contributed by atoms with E-state index in [4.69, 9.17) is 0 Å². The lowest BCUT2D eigenvalue weighted by atomic mass is 10.1. The van der Waals surface area contributed by atoms with Gasteiger partial charge in [0.2, 0.25) is 0 Å². The van der Waals surface area contributed by atoms with Gasteiger partial charge in [-0.1, -0.05) is 13.8 Å². The molecule has 1 fully saturated rings. The molecular formula is C12H22N4. The fraction of sp³-hybridized carbons (Fsp3) is 0.750. The zero-order valence-electron chi connectivity index (χ0n) is 10.5. The van der Waals surface area contributed by atoms with Crippen molar-refractivity contribution in [3.63, 3.8) is 0 Å². The molecule has 1 aliphatic rings. The number of hydrogen-bond acceptors (Lipinski definition) is 3. The molecule has 2 heterocycles. The van der Waals surface area contributed by atoms with E-state index in [1.165, 1.54) is 5.82 Å². The predicted molar refractivity (Wildman–Crippen MR) is 65.2 cm³/mol. The number of aryl methyl sites for hydroxylation is 1. The Labute approximate surface area is 97.7 Å². The number of aromatic nitrogens is 2. The van der Waals surface area contributed by atoms with Crippen LogP contribution in [0.1, 0.15) is 25.7 Å². The van der Waals surface area contributed by atoms with Crippen molar-refractivity contribution in [3.8, 4) is 0 Å². The van der Waals surface area contributed by atoms with Crippen LogP contribution in [0.2, 0.25) is 0 Å². The van der Waals surface area contributed by atoms with Crippen LogP contribution in [0.25, 0.3) is 0 Å². The first-order valence-electron chi connectivity index (χ1n) is 6.10. The quantitative estimate of drug-likeness (QED) is 0.829. The summed E-state index contributed by atoms with van der Waals surface area (Å²) in [5, 5.41) is 3.46. The molecule has 0 spiro atoms. The zero-order chi connectivity index (χ0) is 11.5. The largest absolute Gasteiger partial charge is 0.337 e. The first-order valence-corrected chi connectivity index (χ1v) is 6.10. The Balaban J connectivity index is 2.13. The topological polar surface area (TPSA) is 33.1 Å². The molecule has 4 nitrogen and oxygen atoms in total. The van der Waals surface area contributed by atoms with Crippen LogP contribution in [0.3, 0.4) is 0 Å². The highest BCUT2D eigenvalue weighted by molar-refractivity contribution is 5.02. The second kappa shape index (κ2) is 4.97. The number of piperazine rings is 1. The Bertz CT molecular complexity index is 332. The SMILES string of the molecule is CC(C)CN1CCNCC1c1nccn1C. The van der Waals surface area contributed by atoms with Crippen molar-refractivity contribution in [2.24, 2.45) is 13.0 Å². The van der Waals surface area contributed by atoms with Crippen molar-refractivity contribution in [2.75, 3.05) is 26.2 Å². The molecule has 90 valence electrons. The average Bonchev–Trinajstić information content (AvgIpc) is 2.64. The molecule has 1 aromatic heterocycles. The van der Waals surface area contributed by atoms with Crippen LogP contribution in [0, 0.1) is 5.92 Å². The lowest BCUT2D eigenvalue weighted by Gasteiger charge is -2.36. The minimum Gasteiger partial charge on any atom is -0.337 e. The molecule has 0 radical (unpaired) electrons. The lowest BCUT2D eigenvalue weighted by molar-refractivity contribution is 0.136. The monoisotopic (exact) mass is 222 g/mol. The number of rotatable bonds is 3. The third kappa shape index (κ3) is 2.44. The molecule has 0 aromatic carbocycles. The molecule has 1 aliphatic heterocycles. The van der Waals surface area contributed by atoms with Gasteiger partial charge >= 0.3 is 0 Å². The number of imidazole rings is 1. The van der Waals surface area contributed by atoms with E-state index in [1.807, 2.05) is 12.4 Å². The van der Waals surface area contributed by atoms with Gasteiger partial charge < -0.3 is 9.88 Å². The van der Waals surface area contributed by atoms with Crippen molar-refractivity contribution in [1.82, 2.24) is 19.8 Å². The van der Waals surface area contributed by atoms with Crippen molar-refractivity contribution in [3.05, 3.63) is 18.2 Å². The molecule has 0 bridgehead atoms. The first-order chi connectivity index (χ1) is 7.68.